The monoisotopic (exact) mass is 355 g/mol. The molecule has 0 unspecified atom stereocenters. The Morgan fingerprint density at radius 2 is 2.05 bits per heavy atom. The van der Waals surface area contributed by atoms with E-state index in [1.54, 1.807) is 0 Å². The lowest BCUT2D eigenvalue weighted by Crippen LogP contribution is -2.10. The number of halogens is 1. The van der Waals surface area contributed by atoms with Crippen molar-refractivity contribution in [3.63, 3.8) is 0 Å². The third-order valence-electron chi connectivity index (χ3n) is 3.18. The number of carbonyl (C=O) groups is 1. The van der Waals surface area contributed by atoms with E-state index in [0.29, 0.717) is 6.42 Å². The molecule has 0 saturated heterocycles. The number of Topliss-reactive ketones (excluding diaryl/α,β-unsaturated/α-hetero) is 1. The van der Waals surface area contributed by atoms with E-state index in [1.165, 1.54) is 11.3 Å². The summed E-state index contributed by atoms with van der Waals surface area (Å²) < 4.78 is 2.87. The lowest BCUT2D eigenvalue weighted by atomic mass is 10.1. The number of nitrogens with zero attached hydrogens (tertiary/aromatic N) is 3. The molecule has 0 fully saturated rings. The van der Waals surface area contributed by atoms with E-state index >= 15 is 0 Å². The van der Waals surface area contributed by atoms with E-state index < -0.39 is 0 Å². The second-order valence-corrected chi connectivity index (χ2v) is 6.62. The molecule has 0 N–H and O–H groups in total. The fraction of sp³-hybridized carbons (Fsp3) is 0.500. The van der Waals surface area contributed by atoms with Gasteiger partial charge in [-0.3, -0.25) is 9.48 Å². The highest BCUT2D eigenvalue weighted by Gasteiger charge is 2.20. The number of rotatable bonds is 5. The van der Waals surface area contributed by atoms with Gasteiger partial charge in [0.2, 0.25) is 0 Å². The first-order valence-corrected chi connectivity index (χ1v) is 8.30. The molecule has 0 saturated carbocycles. The van der Waals surface area contributed by atoms with E-state index in [0.717, 1.165) is 44.4 Å². The predicted octanol–water partition coefficient (Wildman–Crippen LogP) is 3.73. The zero-order valence-electron chi connectivity index (χ0n) is 12.2. The van der Waals surface area contributed by atoms with E-state index in [9.17, 15) is 4.79 Å². The predicted molar refractivity (Wildman–Crippen MR) is 84.6 cm³/mol. The molecule has 0 aliphatic rings. The highest BCUT2D eigenvalue weighted by atomic mass is 79.9. The van der Waals surface area contributed by atoms with Crippen LogP contribution >= 0.6 is 27.3 Å². The number of hydrogen-bond donors (Lipinski definition) is 0. The van der Waals surface area contributed by atoms with Crippen LogP contribution in [-0.4, -0.2) is 20.5 Å². The highest BCUT2D eigenvalue weighted by molar-refractivity contribution is 9.10. The molecule has 2 aromatic heterocycles. The lowest BCUT2D eigenvalue weighted by Gasteiger charge is -2.04. The SMILES string of the molecule is CCc1nn(CC)c(CC(=O)c2sc(C)nc2C)c1Br. The summed E-state index contributed by atoms with van der Waals surface area (Å²) in [6, 6.07) is 0. The Kier molecular flexibility index (Phi) is 4.75. The van der Waals surface area contributed by atoms with Crippen molar-refractivity contribution in [1.29, 1.82) is 0 Å². The zero-order chi connectivity index (χ0) is 14.9. The van der Waals surface area contributed by atoms with Gasteiger partial charge in [0.05, 0.1) is 37.9 Å². The molecule has 0 aliphatic carbocycles. The average molecular weight is 356 g/mol. The molecule has 2 heterocycles. The Morgan fingerprint density at radius 1 is 1.35 bits per heavy atom. The van der Waals surface area contributed by atoms with Crippen molar-refractivity contribution in [2.75, 3.05) is 0 Å². The molecule has 20 heavy (non-hydrogen) atoms. The number of aryl methyl sites for hydroxylation is 4. The van der Waals surface area contributed by atoms with Crippen LogP contribution in [0.1, 0.15) is 45.6 Å². The minimum Gasteiger partial charge on any atom is -0.293 e. The molecule has 0 bridgehead atoms. The summed E-state index contributed by atoms with van der Waals surface area (Å²) in [5, 5.41) is 5.46. The second-order valence-electron chi connectivity index (χ2n) is 4.62. The van der Waals surface area contributed by atoms with Crippen molar-refractivity contribution in [2.45, 2.75) is 47.1 Å². The molecular formula is C14H18BrN3OS. The van der Waals surface area contributed by atoms with Crippen molar-refractivity contribution in [3.8, 4) is 0 Å². The largest absolute Gasteiger partial charge is 0.293 e. The number of hydrogen-bond acceptors (Lipinski definition) is 4. The van der Waals surface area contributed by atoms with Crippen LogP contribution in [0.5, 0.6) is 0 Å². The van der Waals surface area contributed by atoms with Crippen LogP contribution in [0.15, 0.2) is 4.47 Å². The first kappa shape index (κ1) is 15.4. The fourth-order valence-corrected chi connectivity index (χ4v) is 3.77. The Hall–Kier alpha value is -1.01. The summed E-state index contributed by atoms with van der Waals surface area (Å²) in [5.74, 6) is 0.117. The van der Waals surface area contributed by atoms with Crippen molar-refractivity contribution < 1.29 is 4.79 Å². The summed E-state index contributed by atoms with van der Waals surface area (Å²) in [5.41, 5.74) is 2.79. The molecule has 0 radical (unpaired) electrons. The maximum absolute atomic E-state index is 12.5. The zero-order valence-corrected chi connectivity index (χ0v) is 14.6. The molecule has 0 atom stereocenters. The minimum atomic E-state index is 0.117. The first-order valence-electron chi connectivity index (χ1n) is 6.69. The standard InChI is InChI=1S/C14H18BrN3OS/c1-5-10-13(15)11(18(6-2)17-10)7-12(19)14-8(3)16-9(4)20-14/h5-7H2,1-4H3. The van der Waals surface area contributed by atoms with Crippen molar-refractivity contribution >= 4 is 33.0 Å². The third kappa shape index (κ3) is 2.86. The van der Waals surface area contributed by atoms with E-state index in [1.807, 2.05) is 25.5 Å². The lowest BCUT2D eigenvalue weighted by molar-refractivity contribution is 0.0993. The Balaban J connectivity index is 2.32. The summed E-state index contributed by atoms with van der Waals surface area (Å²) in [6.07, 6.45) is 1.22. The number of carbonyl (C=O) groups excluding carboxylic acids is 1. The normalized spacial score (nSPS) is 11.1. The molecule has 4 nitrogen and oxygen atoms in total. The van der Waals surface area contributed by atoms with Gasteiger partial charge >= 0.3 is 0 Å². The molecule has 2 aromatic rings. The van der Waals surface area contributed by atoms with E-state index in [-0.39, 0.29) is 5.78 Å². The van der Waals surface area contributed by atoms with Gasteiger partial charge in [-0.05, 0) is 43.1 Å². The second kappa shape index (κ2) is 6.18. The van der Waals surface area contributed by atoms with Crippen LogP contribution in [0.4, 0.5) is 0 Å². The van der Waals surface area contributed by atoms with Gasteiger partial charge in [-0.15, -0.1) is 11.3 Å². The molecule has 0 aromatic carbocycles. The Bertz CT molecular complexity index is 645. The van der Waals surface area contributed by atoms with Gasteiger partial charge in [0.15, 0.2) is 5.78 Å². The minimum absolute atomic E-state index is 0.117. The van der Waals surface area contributed by atoms with Crippen LogP contribution in [-0.2, 0) is 19.4 Å². The van der Waals surface area contributed by atoms with Gasteiger partial charge in [-0.2, -0.15) is 5.10 Å². The average Bonchev–Trinajstić information content (AvgIpc) is 2.90. The van der Waals surface area contributed by atoms with Crippen LogP contribution in [0.3, 0.4) is 0 Å². The van der Waals surface area contributed by atoms with E-state index in [2.05, 4.69) is 32.9 Å². The molecule has 6 heteroatoms. The molecule has 108 valence electrons. The van der Waals surface area contributed by atoms with Crippen LogP contribution in [0, 0.1) is 13.8 Å². The van der Waals surface area contributed by atoms with Gasteiger partial charge in [0.1, 0.15) is 0 Å². The number of thiazole rings is 1. The van der Waals surface area contributed by atoms with Crippen molar-refractivity contribution in [1.82, 2.24) is 14.8 Å². The quantitative estimate of drug-likeness (QED) is 0.767. The van der Waals surface area contributed by atoms with Crippen LogP contribution < -0.4 is 0 Å². The first-order chi connectivity index (χ1) is 9.47. The summed E-state index contributed by atoms with van der Waals surface area (Å²) >= 11 is 5.05. The number of aromatic nitrogens is 3. The van der Waals surface area contributed by atoms with Gasteiger partial charge < -0.3 is 0 Å². The van der Waals surface area contributed by atoms with E-state index in [4.69, 9.17) is 0 Å². The van der Waals surface area contributed by atoms with Crippen LogP contribution in [0.2, 0.25) is 0 Å². The van der Waals surface area contributed by atoms with Gasteiger partial charge in [0, 0.05) is 6.54 Å². The van der Waals surface area contributed by atoms with Gasteiger partial charge in [-0.1, -0.05) is 6.92 Å². The Labute approximate surface area is 131 Å². The Morgan fingerprint density at radius 3 is 2.55 bits per heavy atom. The van der Waals surface area contributed by atoms with Gasteiger partial charge in [0.25, 0.3) is 0 Å². The fourth-order valence-electron chi connectivity index (χ4n) is 2.21. The summed E-state index contributed by atoms with van der Waals surface area (Å²) in [6.45, 7) is 8.68. The summed E-state index contributed by atoms with van der Waals surface area (Å²) in [4.78, 5) is 17.6. The van der Waals surface area contributed by atoms with Crippen molar-refractivity contribution in [2.24, 2.45) is 0 Å². The number of ketones is 1. The topological polar surface area (TPSA) is 47.8 Å². The van der Waals surface area contributed by atoms with Crippen molar-refractivity contribution in [3.05, 3.63) is 31.4 Å². The smallest absolute Gasteiger partial charge is 0.180 e. The molecular weight excluding hydrogens is 338 g/mol. The maximum atomic E-state index is 12.5. The van der Waals surface area contributed by atoms with Crippen LogP contribution in [0.25, 0.3) is 0 Å². The summed E-state index contributed by atoms with van der Waals surface area (Å²) in [7, 11) is 0. The molecule has 2 rings (SSSR count). The molecule has 0 amide bonds. The highest BCUT2D eigenvalue weighted by Crippen LogP contribution is 2.25. The third-order valence-corrected chi connectivity index (χ3v) is 5.21. The van der Waals surface area contributed by atoms with Gasteiger partial charge in [-0.25, -0.2) is 4.98 Å². The molecule has 0 spiro atoms. The molecule has 0 aliphatic heterocycles. The maximum Gasteiger partial charge on any atom is 0.180 e.